The fraction of sp³-hybridized carbons (Fsp3) is 0.571. The van der Waals surface area contributed by atoms with Crippen molar-refractivity contribution >= 4 is 0 Å². The van der Waals surface area contributed by atoms with Gasteiger partial charge in [0.15, 0.2) is 0 Å². The summed E-state index contributed by atoms with van der Waals surface area (Å²) in [6.07, 6.45) is 1.12. The third-order valence-corrected chi connectivity index (χ3v) is 3.22. The summed E-state index contributed by atoms with van der Waals surface area (Å²) >= 11 is 0. The molecule has 2 N–H and O–H groups in total. The Morgan fingerprint density at radius 2 is 2.12 bits per heavy atom. The Balaban J connectivity index is 1.62. The van der Waals surface area contributed by atoms with E-state index in [1.165, 1.54) is 11.1 Å². The van der Waals surface area contributed by atoms with Crippen LogP contribution in [-0.2, 0) is 6.42 Å². The molecule has 0 unspecified atom stereocenters. The zero-order valence-corrected chi connectivity index (χ0v) is 10.7. The summed E-state index contributed by atoms with van der Waals surface area (Å²) in [5, 5.41) is 6.89. The Kier molecular flexibility index (Phi) is 4.98. The van der Waals surface area contributed by atoms with Crippen molar-refractivity contribution in [2.75, 3.05) is 39.4 Å². The summed E-state index contributed by atoms with van der Waals surface area (Å²) < 4.78 is 0. The second kappa shape index (κ2) is 6.74. The van der Waals surface area contributed by atoms with Gasteiger partial charge in [-0.15, -0.1) is 0 Å². The molecule has 1 aromatic carbocycles. The van der Waals surface area contributed by atoms with Gasteiger partial charge in [0, 0.05) is 39.4 Å². The second-order valence-corrected chi connectivity index (χ2v) is 4.77. The minimum absolute atomic E-state index is 1.02. The highest BCUT2D eigenvalue weighted by atomic mass is 15.2. The van der Waals surface area contributed by atoms with Crippen molar-refractivity contribution in [1.29, 1.82) is 0 Å². The first-order chi connectivity index (χ1) is 8.34. The number of benzene rings is 1. The molecule has 0 spiro atoms. The number of hydrogen-bond donors (Lipinski definition) is 2. The zero-order chi connectivity index (χ0) is 11.9. The maximum absolute atomic E-state index is 3.52. The summed E-state index contributed by atoms with van der Waals surface area (Å²) in [5.41, 5.74) is 2.78. The van der Waals surface area contributed by atoms with E-state index >= 15 is 0 Å². The topological polar surface area (TPSA) is 27.3 Å². The van der Waals surface area contributed by atoms with Gasteiger partial charge in [-0.05, 0) is 18.9 Å². The number of rotatable bonds is 5. The van der Waals surface area contributed by atoms with Gasteiger partial charge in [0.25, 0.3) is 0 Å². The van der Waals surface area contributed by atoms with E-state index in [9.17, 15) is 0 Å². The molecule has 1 fully saturated rings. The van der Waals surface area contributed by atoms with Crippen LogP contribution < -0.4 is 10.6 Å². The van der Waals surface area contributed by atoms with Gasteiger partial charge in [-0.25, -0.2) is 0 Å². The molecule has 0 aliphatic carbocycles. The standard InChI is InChI=1S/C14H23N3/c1-13-3-2-4-14(11-13)5-6-16-12-17-9-7-15-8-10-17/h2-4,11,15-16H,5-10,12H2,1H3. The highest BCUT2D eigenvalue weighted by molar-refractivity contribution is 5.22. The van der Waals surface area contributed by atoms with E-state index in [1.54, 1.807) is 0 Å². The van der Waals surface area contributed by atoms with Crippen LogP contribution in [0.25, 0.3) is 0 Å². The quantitative estimate of drug-likeness (QED) is 0.743. The molecule has 1 aliphatic rings. The van der Waals surface area contributed by atoms with Crippen molar-refractivity contribution in [2.24, 2.45) is 0 Å². The molecule has 1 saturated heterocycles. The lowest BCUT2D eigenvalue weighted by Gasteiger charge is -2.27. The summed E-state index contributed by atoms with van der Waals surface area (Å²) in [5.74, 6) is 0. The molecule has 1 aromatic rings. The van der Waals surface area contributed by atoms with Crippen LogP contribution in [0.1, 0.15) is 11.1 Å². The lowest BCUT2D eigenvalue weighted by molar-refractivity contribution is 0.224. The molecule has 0 radical (unpaired) electrons. The minimum atomic E-state index is 1.02. The predicted octanol–water partition coefficient (Wildman–Crippen LogP) is 0.990. The van der Waals surface area contributed by atoms with Gasteiger partial charge in [-0.3, -0.25) is 4.90 Å². The van der Waals surface area contributed by atoms with E-state index in [0.29, 0.717) is 0 Å². The molecule has 1 aliphatic heterocycles. The SMILES string of the molecule is Cc1cccc(CCNCN2CCNCC2)c1. The van der Waals surface area contributed by atoms with E-state index in [2.05, 4.69) is 46.7 Å². The lowest BCUT2D eigenvalue weighted by Crippen LogP contribution is -2.47. The smallest absolute Gasteiger partial charge is 0.0481 e. The maximum atomic E-state index is 3.52. The number of piperazine rings is 1. The first-order valence-corrected chi connectivity index (χ1v) is 6.54. The van der Waals surface area contributed by atoms with Crippen LogP contribution in [0, 0.1) is 6.92 Å². The van der Waals surface area contributed by atoms with E-state index in [0.717, 1.165) is 45.8 Å². The van der Waals surface area contributed by atoms with Crippen LogP contribution in [0.5, 0.6) is 0 Å². The summed E-state index contributed by atoms with van der Waals surface area (Å²) in [7, 11) is 0. The zero-order valence-electron chi connectivity index (χ0n) is 10.7. The highest BCUT2D eigenvalue weighted by Crippen LogP contribution is 2.03. The maximum Gasteiger partial charge on any atom is 0.0481 e. The Hall–Kier alpha value is -0.900. The van der Waals surface area contributed by atoms with Crippen molar-refractivity contribution in [3.8, 4) is 0 Å². The van der Waals surface area contributed by atoms with Crippen molar-refractivity contribution in [3.63, 3.8) is 0 Å². The first-order valence-electron chi connectivity index (χ1n) is 6.54. The molecule has 0 aromatic heterocycles. The van der Waals surface area contributed by atoms with Gasteiger partial charge in [-0.2, -0.15) is 0 Å². The molecule has 0 atom stereocenters. The third kappa shape index (κ3) is 4.46. The molecule has 0 amide bonds. The third-order valence-electron chi connectivity index (χ3n) is 3.22. The minimum Gasteiger partial charge on any atom is -0.314 e. The molecule has 0 saturated carbocycles. The summed E-state index contributed by atoms with van der Waals surface area (Å²) in [6, 6.07) is 8.77. The van der Waals surface area contributed by atoms with Crippen molar-refractivity contribution < 1.29 is 0 Å². The number of hydrogen-bond acceptors (Lipinski definition) is 3. The van der Waals surface area contributed by atoms with E-state index in [4.69, 9.17) is 0 Å². The fourth-order valence-corrected chi connectivity index (χ4v) is 2.21. The Morgan fingerprint density at radius 1 is 1.29 bits per heavy atom. The van der Waals surface area contributed by atoms with Crippen molar-refractivity contribution in [3.05, 3.63) is 35.4 Å². The Morgan fingerprint density at radius 3 is 2.88 bits per heavy atom. The second-order valence-electron chi connectivity index (χ2n) is 4.77. The van der Waals surface area contributed by atoms with Crippen LogP contribution in [0.3, 0.4) is 0 Å². The molecule has 3 nitrogen and oxygen atoms in total. The summed E-state index contributed by atoms with van der Waals surface area (Å²) in [4.78, 5) is 2.47. The van der Waals surface area contributed by atoms with Crippen LogP contribution in [-0.4, -0.2) is 44.3 Å². The van der Waals surface area contributed by atoms with Crippen LogP contribution >= 0.6 is 0 Å². The van der Waals surface area contributed by atoms with Crippen LogP contribution in [0.4, 0.5) is 0 Å². The first kappa shape index (κ1) is 12.6. The van der Waals surface area contributed by atoms with Gasteiger partial charge in [-0.1, -0.05) is 29.8 Å². The molecular weight excluding hydrogens is 210 g/mol. The molecule has 3 heteroatoms. The molecular formula is C14H23N3. The normalized spacial score (nSPS) is 17.2. The average molecular weight is 233 g/mol. The average Bonchev–Trinajstić information content (AvgIpc) is 2.36. The molecule has 17 heavy (non-hydrogen) atoms. The van der Waals surface area contributed by atoms with Crippen LogP contribution in [0.2, 0.25) is 0 Å². The number of nitrogens with zero attached hydrogens (tertiary/aromatic N) is 1. The molecule has 94 valence electrons. The van der Waals surface area contributed by atoms with Gasteiger partial charge in [0.05, 0.1) is 0 Å². The van der Waals surface area contributed by atoms with Gasteiger partial charge in [0.1, 0.15) is 0 Å². The molecule has 2 rings (SSSR count). The number of nitrogens with one attached hydrogen (secondary N) is 2. The van der Waals surface area contributed by atoms with E-state index < -0.39 is 0 Å². The monoisotopic (exact) mass is 233 g/mol. The fourth-order valence-electron chi connectivity index (χ4n) is 2.21. The van der Waals surface area contributed by atoms with Gasteiger partial charge < -0.3 is 10.6 Å². The largest absolute Gasteiger partial charge is 0.314 e. The Labute approximate surface area is 104 Å². The van der Waals surface area contributed by atoms with Gasteiger partial charge in [0.2, 0.25) is 0 Å². The molecule has 1 heterocycles. The van der Waals surface area contributed by atoms with Crippen molar-refractivity contribution in [1.82, 2.24) is 15.5 Å². The van der Waals surface area contributed by atoms with E-state index in [1.807, 2.05) is 0 Å². The Bertz CT molecular complexity index is 332. The number of aryl methyl sites for hydroxylation is 1. The van der Waals surface area contributed by atoms with Gasteiger partial charge >= 0.3 is 0 Å². The van der Waals surface area contributed by atoms with E-state index in [-0.39, 0.29) is 0 Å². The molecule has 0 bridgehead atoms. The lowest BCUT2D eigenvalue weighted by atomic mass is 10.1. The summed E-state index contributed by atoms with van der Waals surface area (Å²) in [6.45, 7) is 8.81. The van der Waals surface area contributed by atoms with Crippen LogP contribution in [0.15, 0.2) is 24.3 Å². The highest BCUT2D eigenvalue weighted by Gasteiger charge is 2.07. The predicted molar refractivity (Wildman–Crippen MR) is 72.2 cm³/mol. The van der Waals surface area contributed by atoms with Crippen molar-refractivity contribution in [2.45, 2.75) is 13.3 Å².